The van der Waals surface area contributed by atoms with Crippen molar-refractivity contribution in [3.63, 3.8) is 0 Å². The molecule has 0 aliphatic carbocycles. The Balaban J connectivity index is 3.69. The van der Waals surface area contributed by atoms with Crippen LogP contribution in [0.3, 0.4) is 0 Å². The second kappa shape index (κ2) is 12.2. The third kappa shape index (κ3) is 12.0. The molecule has 0 bridgehead atoms. The molecule has 1 rings (SSSR count). The summed E-state index contributed by atoms with van der Waals surface area (Å²) in [5, 5.41) is 0. The molecule has 12 nitrogen and oxygen atoms in total. The average Bonchev–Trinajstić information content (AvgIpc) is 2.74. The zero-order valence-electron chi connectivity index (χ0n) is 24.1. The molecule has 38 heavy (non-hydrogen) atoms. The number of hydrogen-bond donors (Lipinski definition) is 0. The van der Waals surface area contributed by atoms with E-state index >= 15 is 0 Å². The van der Waals surface area contributed by atoms with Crippen LogP contribution in [-0.4, -0.2) is 46.3 Å². The van der Waals surface area contributed by atoms with Crippen LogP contribution in [0, 0.1) is 0 Å². The first-order valence-electron chi connectivity index (χ1n) is 11.8. The van der Waals surface area contributed by atoms with Gasteiger partial charge in [0, 0.05) is 0 Å². The molecule has 0 aliphatic heterocycles. The van der Waals surface area contributed by atoms with Gasteiger partial charge in [0.25, 0.3) is 0 Å². The number of rotatable bonds is 8. The van der Waals surface area contributed by atoms with Crippen LogP contribution >= 0.6 is 0 Å². The Morgan fingerprint density at radius 1 is 0.395 bits per heavy atom. The first-order valence-corrected chi connectivity index (χ1v) is 11.8. The summed E-state index contributed by atoms with van der Waals surface area (Å²) in [6.45, 7) is 19.4. The van der Waals surface area contributed by atoms with Gasteiger partial charge in [0.15, 0.2) is 0 Å². The molecule has 0 spiro atoms. The van der Waals surface area contributed by atoms with E-state index in [1.165, 1.54) is 0 Å². The van der Waals surface area contributed by atoms with Crippen LogP contribution < -0.4 is 0 Å². The molecule has 1 aromatic rings. The predicted octanol–water partition coefficient (Wildman–Crippen LogP) is 5.23. The van der Waals surface area contributed by atoms with Gasteiger partial charge in [-0.3, -0.25) is 19.6 Å². The molecule has 0 heterocycles. The summed E-state index contributed by atoms with van der Waals surface area (Å²) >= 11 is 0. The Bertz CT molecular complexity index is 868. The van der Waals surface area contributed by atoms with Gasteiger partial charge in [-0.1, -0.05) is 0 Å². The van der Waals surface area contributed by atoms with E-state index in [1.54, 1.807) is 83.1 Å². The van der Waals surface area contributed by atoms with Gasteiger partial charge in [-0.05, 0) is 95.2 Å². The molecule has 0 amide bonds. The van der Waals surface area contributed by atoms with Crippen molar-refractivity contribution in [3.8, 4) is 0 Å². The van der Waals surface area contributed by atoms with Crippen LogP contribution in [0.25, 0.3) is 0 Å². The van der Waals surface area contributed by atoms with Crippen LogP contribution in [0.2, 0.25) is 0 Å². The van der Waals surface area contributed by atoms with Crippen LogP contribution in [-0.2, 0) is 39.1 Å². The van der Waals surface area contributed by atoms with E-state index in [-0.39, 0.29) is 0 Å². The van der Waals surface area contributed by atoms with Crippen LogP contribution in [0.1, 0.15) is 125 Å². The molecule has 0 unspecified atom stereocenters. The SMILES string of the molecule is CC(C)(C)OOC(=O)c1cc(C(=O)OOC(C)(C)C)c(C(=O)OOC(C)(C)C)cc1C(=O)OOC(C)(C)C. The predicted molar refractivity (Wildman–Crippen MR) is 131 cm³/mol. The summed E-state index contributed by atoms with van der Waals surface area (Å²) in [6.07, 6.45) is 0. The standard InChI is InChI=1S/C26H38O12/c1-23(2,3)35-31-19(27)15-13-17(21(29)33-37-25(7,8)9)18(22(30)34-38-26(10,11)12)14-16(15)20(28)32-36-24(4,5)6/h13-14H,1-12H3. The summed E-state index contributed by atoms with van der Waals surface area (Å²) in [5.74, 6) is -4.67. The van der Waals surface area contributed by atoms with Crippen molar-refractivity contribution in [1.29, 1.82) is 0 Å². The zero-order chi connectivity index (χ0) is 29.7. The maximum absolute atomic E-state index is 12.9. The van der Waals surface area contributed by atoms with Crippen molar-refractivity contribution < 1.29 is 58.3 Å². The molecule has 0 fully saturated rings. The second-order valence-electron chi connectivity index (χ2n) is 12.2. The van der Waals surface area contributed by atoms with Crippen molar-refractivity contribution in [2.24, 2.45) is 0 Å². The van der Waals surface area contributed by atoms with Crippen molar-refractivity contribution >= 4 is 23.9 Å². The van der Waals surface area contributed by atoms with Gasteiger partial charge in [0.2, 0.25) is 0 Å². The smallest absolute Gasteiger partial charge is 0.292 e. The summed E-state index contributed by atoms with van der Waals surface area (Å²) in [5.41, 5.74) is -5.57. The zero-order valence-corrected chi connectivity index (χ0v) is 24.1. The Morgan fingerprint density at radius 2 is 0.553 bits per heavy atom. The highest BCUT2D eigenvalue weighted by atomic mass is 17.2. The molecule has 0 atom stereocenters. The number of carbonyl (C=O) groups is 4. The van der Waals surface area contributed by atoms with Gasteiger partial charge in [-0.25, -0.2) is 19.2 Å². The van der Waals surface area contributed by atoms with Crippen molar-refractivity contribution in [2.45, 2.75) is 105 Å². The van der Waals surface area contributed by atoms with Crippen molar-refractivity contribution in [3.05, 3.63) is 34.4 Å². The molecule has 214 valence electrons. The molecule has 0 N–H and O–H groups in total. The van der Waals surface area contributed by atoms with Gasteiger partial charge >= 0.3 is 23.9 Å². The maximum Gasteiger partial charge on any atom is 0.374 e. The minimum absolute atomic E-state index is 0.493. The highest BCUT2D eigenvalue weighted by molar-refractivity contribution is 6.10. The fraction of sp³-hybridized carbons (Fsp3) is 0.615. The van der Waals surface area contributed by atoms with E-state index in [2.05, 4.69) is 0 Å². The van der Waals surface area contributed by atoms with E-state index in [9.17, 15) is 19.2 Å². The van der Waals surface area contributed by atoms with E-state index in [0.717, 1.165) is 12.1 Å². The monoisotopic (exact) mass is 542 g/mol. The van der Waals surface area contributed by atoms with E-state index in [1.807, 2.05) is 0 Å². The van der Waals surface area contributed by atoms with E-state index in [4.69, 9.17) is 39.1 Å². The quantitative estimate of drug-likeness (QED) is 0.313. The van der Waals surface area contributed by atoms with Crippen molar-refractivity contribution in [1.82, 2.24) is 0 Å². The fourth-order valence-electron chi connectivity index (χ4n) is 2.11. The second-order valence-corrected chi connectivity index (χ2v) is 12.2. The Kier molecular flexibility index (Phi) is 10.6. The first-order chi connectivity index (χ1) is 17.0. The lowest BCUT2D eigenvalue weighted by atomic mass is 9.98. The lowest BCUT2D eigenvalue weighted by Crippen LogP contribution is -2.27. The van der Waals surface area contributed by atoms with E-state index < -0.39 is 68.5 Å². The Labute approximate surface area is 222 Å². The summed E-state index contributed by atoms with van der Waals surface area (Å²) in [4.78, 5) is 91.4. The largest absolute Gasteiger partial charge is 0.374 e. The molecule has 0 saturated carbocycles. The highest BCUT2D eigenvalue weighted by Gasteiger charge is 2.32. The Morgan fingerprint density at radius 3 is 0.684 bits per heavy atom. The molecule has 0 aliphatic rings. The minimum Gasteiger partial charge on any atom is -0.292 e. The number of benzene rings is 1. The lowest BCUT2D eigenvalue weighted by Gasteiger charge is -2.20. The average molecular weight is 543 g/mol. The van der Waals surface area contributed by atoms with Gasteiger partial charge in [-0.2, -0.15) is 19.6 Å². The number of carbonyl (C=O) groups excluding carboxylic acids is 4. The van der Waals surface area contributed by atoms with Gasteiger partial charge < -0.3 is 0 Å². The van der Waals surface area contributed by atoms with Gasteiger partial charge in [0.05, 0.1) is 22.3 Å². The third-order valence-electron chi connectivity index (χ3n) is 3.51. The first kappa shape index (κ1) is 33.0. The van der Waals surface area contributed by atoms with Crippen LogP contribution in [0.4, 0.5) is 0 Å². The molecule has 1 aromatic carbocycles. The summed E-state index contributed by atoms with van der Waals surface area (Å²) in [6, 6.07) is 1.79. The molecular weight excluding hydrogens is 504 g/mol. The third-order valence-corrected chi connectivity index (χ3v) is 3.51. The Hall–Kier alpha value is -3.06. The minimum atomic E-state index is -1.17. The van der Waals surface area contributed by atoms with Crippen LogP contribution in [0.5, 0.6) is 0 Å². The molecular formula is C26H38O12. The molecule has 0 radical (unpaired) electrons. The summed E-state index contributed by atoms with van der Waals surface area (Å²) in [7, 11) is 0. The molecule has 0 saturated heterocycles. The van der Waals surface area contributed by atoms with Gasteiger partial charge in [-0.15, -0.1) is 0 Å². The fourth-order valence-corrected chi connectivity index (χ4v) is 2.11. The van der Waals surface area contributed by atoms with Crippen molar-refractivity contribution in [2.75, 3.05) is 0 Å². The lowest BCUT2D eigenvalue weighted by molar-refractivity contribution is -0.303. The van der Waals surface area contributed by atoms with E-state index in [0.29, 0.717) is 0 Å². The number of hydrogen-bond acceptors (Lipinski definition) is 12. The maximum atomic E-state index is 12.9. The molecule has 12 heteroatoms. The topological polar surface area (TPSA) is 142 Å². The van der Waals surface area contributed by atoms with Gasteiger partial charge in [0.1, 0.15) is 22.4 Å². The van der Waals surface area contributed by atoms with Crippen LogP contribution in [0.15, 0.2) is 12.1 Å². The highest BCUT2D eigenvalue weighted by Crippen LogP contribution is 2.25. The normalized spacial score (nSPS) is 12.5. The molecule has 0 aromatic heterocycles. The summed E-state index contributed by atoms with van der Waals surface area (Å²) < 4.78 is 0.